The minimum absolute atomic E-state index is 0.236. The van der Waals surface area contributed by atoms with Gasteiger partial charge in [-0.25, -0.2) is 0 Å². The van der Waals surface area contributed by atoms with Crippen molar-refractivity contribution >= 4 is 0 Å². The fraction of sp³-hybridized carbons (Fsp3) is 0.625. The third-order valence-electron chi connectivity index (χ3n) is 4.43. The molecule has 0 amide bonds. The number of ether oxygens (including phenoxy) is 1. The molecular formula is C16H24N2O. The molecule has 2 aliphatic heterocycles. The fourth-order valence-corrected chi connectivity index (χ4v) is 3.10. The number of hydrogen-bond donors (Lipinski definition) is 1. The summed E-state index contributed by atoms with van der Waals surface area (Å²) in [5.74, 6) is 0.746. The summed E-state index contributed by atoms with van der Waals surface area (Å²) in [6, 6.07) is 9.13. The van der Waals surface area contributed by atoms with Crippen LogP contribution in [0, 0.1) is 0 Å². The van der Waals surface area contributed by atoms with Crippen molar-refractivity contribution in [3.05, 3.63) is 35.4 Å². The first-order chi connectivity index (χ1) is 9.33. The van der Waals surface area contributed by atoms with Gasteiger partial charge < -0.3 is 15.0 Å². The molecule has 2 saturated heterocycles. The maximum atomic E-state index is 5.79. The highest BCUT2D eigenvalue weighted by Gasteiger charge is 2.19. The summed E-state index contributed by atoms with van der Waals surface area (Å²) in [6.45, 7) is 5.18. The van der Waals surface area contributed by atoms with E-state index in [4.69, 9.17) is 4.74 Å². The van der Waals surface area contributed by atoms with Crippen molar-refractivity contribution in [2.45, 2.75) is 24.9 Å². The molecule has 3 rings (SSSR count). The lowest BCUT2D eigenvalue weighted by atomic mass is 9.89. The molecule has 1 N–H and O–H groups in total. The van der Waals surface area contributed by atoms with Crippen molar-refractivity contribution in [1.29, 1.82) is 0 Å². The van der Waals surface area contributed by atoms with E-state index in [1.165, 1.54) is 37.1 Å². The standard InChI is InChI=1S/C16H24N2O/c1-18-9-6-14(7-10-18)13-2-4-15(5-3-13)16-12-17-8-11-19-16/h2-5,14,16-17H,6-12H2,1H3. The van der Waals surface area contributed by atoms with Crippen LogP contribution in [0.2, 0.25) is 0 Å². The van der Waals surface area contributed by atoms with Gasteiger partial charge in [-0.05, 0) is 50.0 Å². The number of rotatable bonds is 2. The van der Waals surface area contributed by atoms with Gasteiger partial charge in [0.1, 0.15) is 0 Å². The molecule has 2 aliphatic rings. The van der Waals surface area contributed by atoms with Crippen LogP contribution in [-0.4, -0.2) is 44.7 Å². The van der Waals surface area contributed by atoms with Crippen molar-refractivity contribution in [1.82, 2.24) is 10.2 Å². The number of piperidine rings is 1. The average molecular weight is 260 g/mol. The highest BCUT2D eigenvalue weighted by Crippen LogP contribution is 2.29. The van der Waals surface area contributed by atoms with Crippen molar-refractivity contribution in [3.63, 3.8) is 0 Å². The molecule has 3 heteroatoms. The van der Waals surface area contributed by atoms with E-state index in [0.29, 0.717) is 0 Å². The molecule has 19 heavy (non-hydrogen) atoms. The third-order valence-corrected chi connectivity index (χ3v) is 4.43. The molecule has 0 saturated carbocycles. The van der Waals surface area contributed by atoms with Crippen molar-refractivity contribution in [2.75, 3.05) is 39.8 Å². The normalized spacial score (nSPS) is 26.5. The van der Waals surface area contributed by atoms with Crippen molar-refractivity contribution < 1.29 is 4.74 Å². The van der Waals surface area contributed by atoms with Gasteiger partial charge in [0, 0.05) is 13.1 Å². The highest BCUT2D eigenvalue weighted by molar-refractivity contribution is 5.27. The van der Waals surface area contributed by atoms with Gasteiger partial charge in [-0.3, -0.25) is 0 Å². The maximum Gasteiger partial charge on any atom is 0.0949 e. The topological polar surface area (TPSA) is 24.5 Å². The van der Waals surface area contributed by atoms with Gasteiger partial charge in [0.15, 0.2) is 0 Å². The quantitative estimate of drug-likeness (QED) is 0.882. The number of benzene rings is 1. The molecule has 1 aromatic carbocycles. The number of likely N-dealkylation sites (tertiary alicyclic amines) is 1. The monoisotopic (exact) mass is 260 g/mol. The largest absolute Gasteiger partial charge is 0.371 e. The first-order valence-electron chi connectivity index (χ1n) is 7.43. The lowest BCUT2D eigenvalue weighted by Crippen LogP contribution is -2.33. The number of hydrogen-bond acceptors (Lipinski definition) is 3. The Morgan fingerprint density at radius 2 is 1.79 bits per heavy atom. The smallest absolute Gasteiger partial charge is 0.0949 e. The van der Waals surface area contributed by atoms with E-state index < -0.39 is 0 Å². The SMILES string of the molecule is CN1CCC(c2ccc(C3CNCCO3)cc2)CC1. The number of nitrogens with one attached hydrogen (secondary N) is 1. The second-order valence-corrected chi connectivity index (χ2v) is 5.81. The van der Waals surface area contributed by atoms with Gasteiger partial charge >= 0.3 is 0 Å². The first kappa shape index (κ1) is 13.1. The predicted molar refractivity (Wildman–Crippen MR) is 77.5 cm³/mol. The van der Waals surface area contributed by atoms with Crippen LogP contribution in [0.15, 0.2) is 24.3 Å². The Balaban J connectivity index is 1.65. The van der Waals surface area contributed by atoms with Crippen LogP contribution in [0.1, 0.15) is 36.0 Å². The zero-order valence-corrected chi connectivity index (χ0v) is 11.8. The van der Waals surface area contributed by atoms with E-state index in [1.807, 2.05) is 0 Å². The molecule has 0 radical (unpaired) electrons. The Labute approximate surface area is 115 Å². The summed E-state index contributed by atoms with van der Waals surface area (Å²) in [5, 5.41) is 3.39. The van der Waals surface area contributed by atoms with E-state index >= 15 is 0 Å². The summed E-state index contributed by atoms with van der Waals surface area (Å²) in [7, 11) is 2.22. The molecule has 0 aliphatic carbocycles. The summed E-state index contributed by atoms with van der Waals surface area (Å²) in [6.07, 6.45) is 2.81. The number of nitrogens with zero attached hydrogens (tertiary/aromatic N) is 1. The molecule has 2 fully saturated rings. The maximum absolute atomic E-state index is 5.79. The van der Waals surface area contributed by atoms with E-state index in [1.54, 1.807) is 0 Å². The third kappa shape index (κ3) is 3.16. The Bertz CT molecular complexity index is 390. The molecule has 1 unspecified atom stereocenters. The summed E-state index contributed by atoms with van der Waals surface area (Å²) in [5.41, 5.74) is 2.81. The van der Waals surface area contributed by atoms with Gasteiger partial charge in [-0.15, -0.1) is 0 Å². The lowest BCUT2D eigenvalue weighted by molar-refractivity contribution is 0.0277. The average Bonchev–Trinajstić information content (AvgIpc) is 2.49. The van der Waals surface area contributed by atoms with Crippen LogP contribution in [0.4, 0.5) is 0 Å². The van der Waals surface area contributed by atoms with Gasteiger partial charge in [0.05, 0.1) is 12.7 Å². The van der Waals surface area contributed by atoms with Gasteiger partial charge in [-0.2, -0.15) is 0 Å². The van der Waals surface area contributed by atoms with Gasteiger partial charge in [-0.1, -0.05) is 24.3 Å². The molecule has 2 heterocycles. The minimum Gasteiger partial charge on any atom is -0.371 e. The molecule has 3 nitrogen and oxygen atoms in total. The molecule has 1 aromatic rings. The first-order valence-corrected chi connectivity index (χ1v) is 7.43. The Morgan fingerprint density at radius 1 is 1.11 bits per heavy atom. The summed E-state index contributed by atoms with van der Waals surface area (Å²) < 4.78 is 5.79. The number of morpholine rings is 1. The van der Waals surface area contributed by atoms with Crippen molar-refractivity contribution in [2.24, 2.45) is 0 Å². The zero-order chi connectivity index (χ0) is 13.1. The van der Waals surface area contributed by atoms with E-state index in [9.17, 15) is 0 Å². The Hall–Kier alpha value is -0.900. The Morgan fingerprint density at radius 3 is 2.42 bits per heavy atom. The van der Waals surface area contributed by atoms with E-state index in [0.717, 1.165) is 25.6 Å². The molecule has 1 atom stereocenters. The van der Waals surface area contributed by atoms with Gasteiger partial charge in [0.2, 0.25) is 0 Å². The Kier molecular flexibility index (Phi) is 4.16. The van der Waals surface area contributed by atoms with Crippen molar-refractivity contribution in [3.8, 4) is 0 Å². The molecular weight excluding hydrogens is 236 g/mol. The summed E-state index contributed by atoms with van der Waals surface area (Å²) in [4.78, 5) is 2.42. The summed E-state index contributed by atoms with van der Waals surface area (Å²) >= 11 is 0. The van der Waals surface area contributed by atoms with Crippen LogP contribution >= 0.6 is 0 Å². The lowest BCUT2D eigenvalue weighted by Gasteiger charge is -2.29. The predicted octanol–water partition coefficient (Wildman–Crippen LogP) is 2.16. The van der Waals surface area contributed by atoms with Crippen LogP contribution < -0.4 is 5.32 Å². The highest BCUT2D eigenvalue weighted by atomic mass is 16.5. The zero-order valence-electron chi connectivity index (χ0n) is 11.8. The van der Waals surface area contributed by atoms with Crippen LogP contribution in [-0.2, 0) is 4.74 Å². The minimum atomic E-state index is 0.236. The van der Waals surface area contributed by atoms with Crippen LogP contribution in [0.3, 0.4) is 0 Å². The molecule has 0 bridgehead atoms. The van der Waals surface area contributed by atoms with E-state index in [2.05, 4.69) is 41.5 Å². The fourth-order valence-electron chi connectivity index (χ4n) is 3.10. The molecule has 104 valence electrons. The second-order valence-electron chi connectivity index (χ2n) is 5.81. The van der Waals surface area contributed by atoms with Crippen LogP contribution in [0.25, 0.3) is 0 Å². The van der Waals surface area contributed by atoms with E-state index in [-0.39, 0.29) is 6.10 Å². The van der Waals surface area contributed by atoms with Gasteiger partial charge in [0.25, 0.3) is 0 Å². The van der Waals surface area contributed by atoms with Crippen LogP contribution in [0.5, 0.6) is 0 Å². The molecule has 0 spiro atoms. The second kappa shape index (κ2) is 6.04. The molecule has 0 aromatic heterocycles.